The van der Waals surface area contributed by atoms with Gasteiger partial charge >= 0.3 is 0 Å². The van der Waals surface area contributed by atoms with Crippen LogP contribution in [0.15, 0.2) is 30.6 Å². The molecule has 0 bridgehead atoms. The predicted octanol–water partition coefficient (Wildman–Crippen LogP) is 5.19. The number of hydrogen-bond acceptors (Lipinski definition) is 1. The highest BCUT2D eigenvalue weighted by Crippen LogP contribution is 1.73. The van der Waals surface area contributed by atoms with Gasteiger partial charge in [0.25, 0.3) is 0 Å². The molecule has 1 heteroatoms. The van der Waals surface area contributed by atoms with Gasteiger partial charge in [0.05, 0.1) is 0 Å². The van der Waals surface area contributed by atoms with Gasteiger partial charge in [-0.15, -0.1) is 0 Å². The summed E-state index contributed by atoms with van der Waals surface area (Å²) < 4.78 is 0. The van der Waals surface area contributed by atoms with Crippen molar-refractivity contribution in [1.29, 1.82) is 0 Å². The van der Waals surface area contributed by atoms with Crippen molar-refractivity contribution in [3.8, 4) is 0 Å². The predicted molar refractivity (Wildman–Crippen MR) is 69.6 cm³/mol. The number of pyridine rings is 1. The van der Waals surface area contributed by atoms with E-state index in [4.69, 9.17) is 0 Å². The van der Waals surface area contributed by atoms with Gasteiger partial charge < -0.3 is 0 Å². The molecule has 1 heterocycles. The smallest absolute Gasteiger partial charge is 0.0267 e. The molecule has 0 radical (unpaired) electrons. The lowest BCUT2D eigenvalue weighted by molar-refractivity contribution is 1.33. The molecule has 0 amide bonds. The molecular formula is C13H29N. The van der Waals surface area contributed by atoms with E-state index in [1.165, 1.54) is 0 Å². The highest BCUT2D eigenvalue weighted by Gasteiger charge is 1.58. The van der Waals surface area contributed by atoms with Crippen LogP contribution in [0.1, 0.15) is 55.4 Å². The van der Waals surface area contributed by atoms with Crippen molar-refractivity contribution in [2.45, 2.75) is 55.4 Å². The summed E-state index contributed by atoms with van der Waals surface area (Å²) in [5, 5.41) is 0. The summed E-state index contributed by atoms with van der Waals surface area (Å²) >= 11 is 0. The molecule has 1 aromatic rings. The summed E-state index contributed by atoms with van der Waals surface area (Å²) in [6, 6.07) is 5.72. The molecular weight excluding hydrogens is 170 g/mol. The van der Waals surface area contributed by atoms with Gasteiger partial charge in [-0.2, -0.15) is 0 Å². The summed E-state index contributed by atoms with van der Waals surface area (Å²) in [5.41, 5.74) is 0. The molecule has 0 aromatic carbocycles. The topological polar surface area (TPSA) is 12.9 Å². The maximum Gasteiger partial charge on any atom is 0.0267 e. The van der Waals surface area contributed by atoms with Crippen LogP contribution in [0.3, 0.4) is 0 Å². The van der Waals surface area contributed by atoms with Crippen molar-refractivity contribution in [1.82, 2.24) is 4.98 Å². The summed E-state index contributed by atoms with van der Waals surface area (Å²) in [4.78, 5) is 3.78. The number of rotatable bonds is 0. The van der Waals surface area contributed by atoms with Crippen LogP contribution in [-0.2, 0) is 0 Å². The second kappa shape index (κ2) is 57.0. The molecule has 14 heavy (non-hydrogen) atoms. The van der Waals surface area contributed by atoms with E-state index in [1.807, 2.05) is 73.6 Å². The molecule has 0 aliphatic carbocycles. The van der Waals surface area contributed by atoms with Crippen LogP contribution in [0.2, 0.25) is 0 Å². The fourth-order valence-electron chi connectivity index (χ4n) is 0.313. The third-order valence-electron chi connectivity index (χ3n) is 0.566. The van der Waals surface area contributed by atoms with E-state index in [9.17, 15) is 0 Å². The molecule has 0 N–H and O–H groups in total. The van der Waals surface area contributed by atoms with Gasteiger partial charge in [0, 0.05) is 12.4 Å². The first-order valence-corrected chi connectivity index (χ1v) is 5.85. The van der Waals surface area contributed by atoms with Gasteiger partial charge in [0.2, 0.25) is 0 Å². The Morgan fingerprint density at radius 2 is 0.786 bits per heavy atom. The molecule has 1 aromatic heterocycles. The maximum atomic E-state index is 3.78. The van der Waals surface area contributed by atoms with Gasteiger partial charge in [0.1, 0.15) is 0 Å². The molecule has 86 valence electrons. The van der Waals surface area contributed by atoms with Crippen molar-refractivity contribution < 1.29 is 0 Å². The van der Waals surface area contributed by atoms with Crippen molar-refractivity contribution in [2.24, 2.45) is 0 Å². The normalized spacial score (nSPS) is 5.14. The second-order valence-electron chi connectivity index (χ2n) is 1.02. The Balaban J connectivity index is -0.0000000542. The van der Waals surface area contributed by atoms with Crippen molar-refractivity contribution in [2.75, 3.05) is 0 Å². The minimum absolute atomic E-state index is 1.75. The lowest BCUT2D eigenvalue weighted by Crippen LogP contribution is -1.58. The van der Waals surface area contributed by atoms with Crippen LogP contribution in [-0.4, -0.2) is 4.98 Å². The average Bonchev–Trinajstić information content (AvgIpc) is 2.41. The second-order valence-corrected chi connectivity index (χ2v) is 1.02. The van der Waals surface area contributed by atoms with E-state index in [1.54, 1.807) is 12.4 Å². The standard InChI is InChI=1S/C5H5N.4C2H6/c1-2-4-6-5-3-1;4*1-2/h1-5H;4*1-2H3. The molecule has 0 spiro atoms. The molecule has 1 nitrogen and oxygen atoms in total. The summed E-state index contributed by atoms with van der Waals surface area (Å²) in [6.45, 7) is 16.0. The van der Waals surface area contributed by atoms with E-state index in [0.29, 0.717) is 0 Å². The third kappa shape index (κ3) is 43.3. The van der Waals surface area contributed by atoms with Crippen LogP contribution in [0, 0.1) is 0 Å². The molecule has 0 aliphatic heterocycles. The zero-order chi connectivity index (χ0) is 12.2. The summed E-state index contributed by atoms with van der Waals surface area (Å²) in [5.74, 6) is 0. The van der Waals surface area contributed by atoms with Crippen molar-refractivity contribution in [3.05, 3.63) is 30.6 Å². The van der Waals surface area contributed by atoms with Crippen LogP contribution >= 0.6 is 0 Å². The van der Waals surface area contributed by atoms with E-state index < -0.39 is 0 Å². The minimum atomic E-state index is 1.75. The summed E-state index contributed by atoms with van der Waals surface area (Å²) in [7, 11) is 0. The van der Waals surface area contributed by atoms with Gasteiger partial charge in [0.15, 0.2) is 0 Å². The first kappa shape index (κ1) is 23.2. The molecule has 0 unspecified atom stereocenters. The summed E-state index contributed by atoms with van der Waals surface area (Å²) in [6.07, 6.45) is 3.50. The first-order chi connectivity index (χ1) is 7.00. The Morgan fingerprint density at radius 3 is 0.857 bits per heavy atom. The lowest BCUT2D eigenvalue weighted by atomic mass is 10.5. The van der Waals surface area contributed by atoms with Crippen LogP contribution < -0.4 is 0 Å². The Bertz CT molecular complexity index is 77.2. The van der Waals surface area contributed by atoms with E-state index in [-0.39, 0.29) is 0 Å². The van der Waals surface area contributed by atoms with Crippen molar-refractivity contribution in [3.63, 3.8) is 0 Å². The Morgan fingerprint density at radius 1 is 0.500 bits per heavy atom. The van der Waals surface area contributed by atoms with Gasteiger partial charge in [-0.1, -0.05) is 61.5 Å². The number of nitrogens with zero attached hydrogens (tertiary/aromatic N) is 1. The van der Waals surface area contributed by atoms with Crippen LogP contribution in [0.5, 0.6) is 0 Å². The largest absolute Gasteiger partial charge is 0.265 e. The quantitative estimate of drug-likeness (QED) is 0.560. The molecule has 0 saturated carbocycles. The number of hydrogen-bond donors (Lipinski definition) is 0. The maximum absolute atomic E-state index is 3.78. The van der Waals surface area contributed by atoms with Gasteiger partial charge in [-0.25, -0.2) is 0 Å². The minimum Gasteiger partial charge on any atom is -0.265 e. The number of aromatic nitrogens is 1. The highest BCUT2D eigenvalue weighted by atomic mass is 14.6. The first-order valence-electron chi connectivity index (χ1n) is 5.85. The molecule has 1 rings (SSSR count). The Kier molecular flexibility index (Phi) is 94.3. The monoisotopic (exact) mass is 199 g/mol. The molecule has 0 atom stereocenters. The lowest BCUT2D eigenvalue weighted by Gasteiger charge is -1.70. The molecule has 0 aliphatic rings. The fraction of sp³-hybridized carbons (Fsp3) is 0.615. The van der Waals surface area contributed by atoms with Gasteiger partial charge in [-0.05, 0) is 12.1 Å². The molecule has 0 saturated heterocycles. The third-order valence-corrected chi connectivity index (χ3v) is 0.566. The Labute approximate surface area is 91.6 Å². The van der Waals surface area contributed by atoms with Crippen LogP contribution in [0.4, 0.5) is 0 Å². The average molecular weight is 199 g/mol. The Hall–Kier alpha value is -0.850. The van der Waals surface area contributed by atoms with Gasteiger partial charge in [-0.3, -0.25) is 4.98 Å². The molecule has 0 fully saturated rings. The zero-order valence-electron chi connectivity index (χ0n) is 11.3. The van der Waals surface area contributed by atoms with E-state index in [0.717, 1.165) is 0 Å². The van der Waals surface area contributed by atoms with Crippen molar-refractivity contribution >= 4 is 0 Å². The van der Waals surface area contributed by atoms with E-state index >= 15 is 0 Å². The van der Waals surface area contributed by atoms with E-state index in [2.05, 4.69) is 4.98 Å². The zero-order valence-corrected chi connectivity index (χ0v) is 11.3. The SMILES string of the molecule is CC.CC.CC.CC.c1ccncc1. The fourth-order valence-corrected chi connectivity index (χ4v) is 0.313. The van der Waals surface area contributed by atoms with Crippen LogP contribution in [0.25, 0.3) is 0 Å². The highest BCUT2D eigenvalue weighted by molar-refractivity contribution is 4.88.